The van der Waals surface area contributed by atoms with Crippen LogP contribution in [0.4, 0.5) is 0 Å². The smallest absolute Gasteiger partial charge is 0.335 e. The summed E-state index contributed by atoms with van der Waals surface area (Å²) >= 11 is 6.09. The number of aromatic carboxylic acids is 1. The molecular formula is C19H18ClNO4. The number of carbonyl (C=O) groups excluding carboxylic acids is 1. The minimum absolute atomic E-state index is 0.0707. The SMILES string of the molecule is O=C(O)c1ccccc1CC(=O)N1CCC(Oc2ccccc2Cl)C1. The number of para-hydroxylation sites is 1. The summed E-state index contributed by atoms with van der Waals surface area (Å²) in [5.74, 6) is -0.511. The van der Waals surface area contributed by atoms with Crippen LogP contribution in [-0.2, 0) is 11.2 Å². The van der Waals surface area contributed by atoms with Crippen molar-refractivity contribution in [3.05, 3.63) is 64.7 Å². The van der Waals surface area contributed by atoms with Crippen molar-refractivity contribution in [2.24, 2.45) is 0 Å². The Morgan fingerprint density at radius 3 is 2.64 bits per heavy atom. The molecule has 3 rings (SSSR count). The van der Waals surface area contributed by atoms with Crippen molar-refractivity contribution in [3.63, 3.8) is 0 Å². The number of hydrogen-bond acceptors (Lipinski definition) is 3. The fourth-order valence-electron chi connectivity index (χ4n) is 2.93. The van der Waals surface area contributed by atoms with E-state index in [2.05, 4.69) is 0 Å². The third kappa shape index (κ3) is 4.12. The summed E-state index contributed by atoms with van der Waals surface area (Å²) in [6.45, 7) is 1.06. The first kappa shape index (κ1) is 17.3. The molecule has 0 spiro atoms. The quantitative estimate of drug-likeness (QED) is 0.889. The van der Waals surface area contributed by atoms with Gasteiger partial charge in [-0.1, -0.05) is 41.9 Å². The van der Waals surface area contributed by atoms with Gasteiger partial charge in [0.05, 0.1) is 23.6 Å². The zero-order valence-corrected chi connectivity index (χ0v) is 14.3. The average Bonchev–Trinajstić information content (AvgIpc) is 3.06. The Balaban J connectivity index is 1.62. The van der Waals surface area contributed by atoms with Crippen molar-refractivity contribution in [2.45, 2.75) is 18.9 Å². The van der Waals surface area contributed by atoms with E-state index in [1.165, 1.54) is 6.07 Å². The average molecular weight is 360 g/mol. The highest BCUT2D eigenvalue weighted by Crippen LogP contribution is 2.26. The van der Waals surface area contributed by atoms with Gasteiger partial charge < -0.3 is 14.7 Å². The maximum Gasteiger partial charge on any atom is 0.335 e. The Labute approximate surface area is 150 Å². The first-order valence-electron chi connectivity index (χ1n) is 8.05. The molecule has 1 saturated heterocycles. The summed E-state index contributed by atoms with van der Waals surface area (Å²) in [7, 11) is 0. The lowest BCUT2D eigenvalue weighted by Crippen LogP contribution is -2.32. The predicted octanol–water partition coefficient (Wildman–Crippen LogP) is 3.26. The van der Waals surface area contributed by atoms with Crippen molar-refractivity contribution >= 4 is 23.5 Å². The van der Waals surface area contributed by atoms with Gasteiger partial charge in [-0.15, -0.1) is 0 Å². The van der Waals surface area contributed by atoms with Crippen LogP contribution in [-0.4, -0.2) is 41.1 Å². The van der Waals surface area contributed by atoms with Crippen LogP contribution < -0.4 is 4.74 Å². The first-order chi connectivity index (χ1) is 12.0. The molecule has 0 radical (unpaired) electrons. The molecule has 0 saturated carbocycles. The molecule has 130 valence electrons. The van der Waals surface area contributed by atoms with E-state index in [0.29, 0.717) is 29.4 Å². The summed E-state index contributed by atoms with van der Waals surface area (Å²) in [5, 5.41) is 9.76. The van der Waals surface area contributed by atoms with E-state index in [9.17, 15) is 14.7 Å². The van der Waals surface area contributed by atoms with E-state index in [0.717, 1.165) is 6.42 Å². The fraction of sp³-hybridized carbons (Fsp3) is 0.263. The standard InChI is InChI=1S/C19H18ClNO4/c20-16-7-3-4-8-17(16)25-14-9-10-21(12-14)18(22)11-13-5-1-2-6-15(13)19(23)24/h1-8,14H,9-12H2,(H,23,24). The van der Waals surface area contributed by atoms with Gasteiger partial charge in [0.1, 0.15) is 11.9 Å². The Morgan fingerprint density at radius 1 is 1.16 bits per heavy atom. The molecular weight excluding hydrogens is 342 g/mol. The molecule has 1 unspecified atom stereocenters. The van der Waals surface area contributed by atoms with E-state index in [1.807, 2.05) is 12.1 Å². The molecule has 0 bridgehead atoms. The Bertz CT molecular complexity index is 792. The van der Waals surface area contributed by atoms with Gasteiger partial charge in [-0.25, -0.2) is 4.79 Å². The van der Waals surface area contributed by atoms with E-state index in [4.69, 9.17) is 16.3 Å². The molecule has 2 aromatic carbocycles. The maximum absolute atomic E-state index is 12.5. The number of likely N-dealkylation sites (tertiary alicyclic amines) is 1. The van der Waals surface area contributed by atoms with Gasteiger partial charge in [0.2, 0.25) is 5.91 Å². The van der Waals surface area contributed by atoms with Gasteiger partial charge >= 0.3 is 5.97 Å². The molecule has 1 atom stereocenters. The largest absolute Gasteiger partial charge is 0.487 e. The second kappa shape index (κ2) is 7.57. The molecule has 0 aliphatic carbocycles. The molecule has 6 heteroatoms. The molecule has 1 heterocycles. The van der Waals surface area contributed by atoms with Crippen molar-refractivity contribution in [1.82, 2.24) is 4.90 Å². The molecule has 1 amide bonds. The lowest BCUT2D eigenvalue weighted by molar-refractivity contribution is -0.129. The number of carboxylic acids is 1. The zero-order valence-electron chi connectivity index (χ0n) is 13.5. The van der Waals surface area contributed by atoms with Crippen molar-refractivity contribution in [2.75, 3.05) is 13.1 Å². The van der Waals surface area contributed by atoms with Crippen LogP contribution in [0, 0.1) is 0 Å². The highest BCUT2D eigenvalue weighted by Gasteiger charge is 2.28. The Hall–Kier alpha value is -2.53. The van der Waals surface area contributed by atoms with Crippen LogP contribution in [0.5, 0.6) is 5.75 Å². The minimum atomic E-state index is -1.02. The Morgan fingerprint density at radius 2 is 1.88 bits per heavy atom. The molecule has 1 aliphatic rings. The van der Waals surface area contributed by atoms with E-state index < -0.39 is 5.97 Å². The first-order valence-corrected chi connectivity index (χ1v) is 8.42. The van der Waals surface area contributed by atoms with Crippen LogP contribution in [0.1, 0.15) is 22.3 Å². The monoisotopic (exact) mass is 359 g/mol. The number of benzene rings is 2. The van der Waals surface area contributed by atoms with Crippen LogP contribution in [0.2, 0.25) is 5.02 Å². The van der Waals surface area contributed by atoms with Crippen LogP contribution in [0.3, 0.4) is 0 Å². The number of hydrogen-bond donors (Lipinski definition) is 1. The normalized spacial score (nSPS) is 16.7. The van der Waals surface area contributed by atoms with Crippen LogP contribution in [0.15, 0.2) is 48.5 Å². The second-order valence-electron chi connectivity index (χ2n) is 5.94. The summed E-state index contributed by atoms with van der Waals surface area (Å²) in [6.07, 6.45) is 0.678. The van der Waals surface area contributed by atoms with E-state index in [-0.39, 0.29) is 24.0 Å². The molecule has 5 nitrogen and oxygen atoms in total. The summed E-state index contributed by atoms with van der Waals surface area (Å²) in [6, 6.07) is 13.8. The van der Waals surface area contributed by atoms with Crippen molar-refractivity contribution < 1.29 is 19.4 Å². The summed E-state index contributed by atoms with van der Waals surface area (Å²) < 4.78 is 5.88. The number of nitrogens with zero attached hydrogens (tertiary/aromatic N) is 1. The van der Waals surface area contributed by atoms with Gasteiger partial charge in [0.15, 0.2) is 0 Å². The van der Waals surface area contributed by atoms with E-state index in [1.54, 1.807) is 35.2 Å². The number of rotatable bonds is 5. The van der Waals surface area contributed by atoms with Crippen LogP contribution in [0.25, 0.3) is 0 Å². The lowest BCUT2D eigenvalue weighted by Gasteiger charge is -2.18. The number of carboxylic acid groups (broad SMARTS) is 1. The van der Waals surface area contributed by atoms with Gasteiger partial charge in [-0.05, 0) is 23.8 Å². The Kier molecular flexibility index (Phi) is 5.24. The molecule has 25 heavy (non-hydrogen) atoms. The lowest BCUT2D eigenvalue weighted by atomic mass is 10.0. The molecule has 2 aromatic rings. The molecule has 0 aromatic heterocycles. The minimum Gasteiger partial charge on any atom is -0.487 e. The van der Waals surface area contributed by atoms with Gasteiger partial charge in [-0.3, -0.25) is 4.79 Å². The number of halogens is 1. The maximum atomic E-state index is 12.5. The van der Waals surface area contributed by atoms with Crippen molar-refractivity contribution in [3.8, 4) is 5.75 Å². The highest BCUT2D eigenvalue weighted by molar-refractivity contribution is 6.32. The zero-order chi connectivity index (χ0) is 17.8. The fourth-order valence-corrected chi connectivity index (χ4v) is 3.11. The second-order valence-corrected chi connectivity index (χ2v) is 6.34. The number of carbonyl (C=O) groups is 2. The third-order valence-corrected chi connectivity index (χ3v) is 4.53. The summed E-state index contributed by atoms with van der Waals surface area (Å²) in [5.41, 5.74) is 0.689. The van der Waals surface area contributed by atoms with Gasteiger partial charge in [0.25, 0.3) is 0 Å². The predicted molar refractivity (Wildman–Crippen MR) is 94.2 cm³/mol. The molecule has 1 N–H and O–H groups in total. The summed E-state index contributed by atoms with van der Waals surface area (Å²) in [4.78, 5) is 25.5. The number of ether oxygens (including phenoxy) is 1. The molecule has 1 fully saturated rings. The van der Waals surface area contributed by atoms with Crippen molar-refractivity contribution in [1.29, 1.82) is 0 Å². The van der Waals surface area contributed by atoms with Gasteiger partial charge in [-0.2, -0.15) is 0 Å². The van der Waals surface area contributed by atoms with E-state index >= 15 is 0 Å². The van der Waals surface area contributed by atoms with Gasteiger partial charge in [0, 0.05) is 13.0 Å². The topological polar surface area (TPSA) is 66.8 Å². The third-order valence-electron chi connectivity index (χ3n) is 4.22. The number of amides is 1. The molecule has 1 aliphatic heterocycles. The highest BCUT2D eigenvalue weighted by atomic mass is 35.5. The van der Waals surface area contributed by atoms with Crippen LogP contribution >= 0.6 is 11.6 Å².